The van der Waals surface area contributed by atoms with Gasteiger partial charge in [-0.05, 0) is 73.9 Å². The minimum absolute atomic E-state index is 0.0528. The molecule has 0 aliphatic carbocycles. The van der Waals surface area contributed by atoms with Gasteiger partial charge in [0.2, 0.25) is 10.0 Å². The van der Waals surface area contributed by atoms with Gasteiger partial charge >= 0.3 is 0 Å². The van der Waals surface area contributed by atoms with Gasteiger partial charge in [-0.25, -0.2) is 12.8 Å². The number of aromatic nitrogens is 1. The van der Waals surface area contributed by atoms with Crippen molar-refractivity contribution >= 4 is 32.3 Å². The molecule has 4 aromatic rings. The Bertz CT molecular complexity index is 1490. The zero-order valence-corrected chi connectivity index (χ0v) is 23.6. The van der Waals surface area contributed by atoms with Gasteiger partial charge in [-0.3, -0.25) is 4.98 Å². The molecule has 1 unspecified atom stereocenters. The fraction of sp³-hybridized carbons (Fsp3) is 0.300. The van der Waals surface area contributed by atoms with E-state index in [2.05, 4.69) is 17.2 Å². The van der Waals surface area contributed by atoms with Gasteiger partial charge in [0.05, 0.1) is 23.2 Å². The van der Waals surface area contributed by atoms with Crippen LogP contribution in [0.25, 0.3) is 10.9 Å². The van der Waals surface area contributed by atoms with Crippen molar-refractivity contribution in [1.82, 2.24) is 9.29 Å². The summed E-state index contributed by atoms with van der Waals surface area (Å²) in [7, 11) is 1.72. The van der Waals surface area contributed by atoms with E-state index in [0.717, 1.165) is 40.0 Å². The van der Waals surface area contributed by atoms with E-state index in [1.807, 2.05) is 67.5 Å². The number of methoxy groups -OCH3 is 1. The number of hydrogen-bond acceptors (Lipinski definition) is 6. The number of nitrogens with zero attached hydrogens (tertiary/aromatic N) is 3. The fourth-order valence-corrected chi connectivity index (χ4v) is 5.91. The summed E-state index contributed by atoms with van der Waals surface area (Å²) >= 11 is 0. The predicted octanol–water partition coefficient (Wildman–Crippen LogP) is 5.92. The smallest absolute Gasteiger partial charge is 0.243 e. The second kappa shape index (κ2) is 12.4. The molecule has 0 aliphatic rings. The van der Waals surface area contributed by atoms with Crippen LogP contribution in [0.4, 0.5) is 15.8 Å². The van der Waals surface area contributed by atoms with Gasteiger partial charge in [0.25, 0.3) is 0 Å². The minimum Gasteiger partial charge on any atom is -0.497 e. The number of rotatable bonds is 12. The van der Waals surface area contributed by atoms with Crippen molar-refractivity contribution in [2.24, 2.45) is 0 Å². The molecule has 1 N–H and O–H groups in total. The Hall–Kier alpha value is -3.69. The average Bonchev–Trinajstić information content (AvgIpc) is 2.92. The number of ether oxygens (including phenoxy) is 1. The van der Waals surface area contributed by atoms with Crippen molar-refractivity contribution in [3.05, 3.63) is 90.4 Å². The Morgan fingerprint density at radius 2 is 1.74 bits per heavy atom. The zero-order chi connectivity index (χ0) is 28.0. The number of fused-ring (bicyclic) bond motifs is 1. The van der Waals surface area contributed by atoms with E-state index in [1.54, 1.807) is 13.3 Å². The van der Waals surface area contributed by atoms with Crippen LogP contribution in [0.5, 0.6) is 5.75 Å². The third-order valence-corrected chi connectivity index (χ3v) is 8.48. The summed E-state index contributed by atoms with van der Waals surface area (Å²) < 4.78 is 47.6. The molecule has 0 amide bonds. The van der Waals surface area contributed by atoms with E-state index < -0.39 is 15.8 Å². The Balaban J connectivity index is 1.49. The molecule has 0 aliphatic heterocycles. The Kier molecular flexibility index (Phi) is 9.04. The lowest BCUT2D eigenvalue weighted by molar-refractivity contribution is 0.391. The van der Waals surface area contributed by atoms with Gasteiger partial charge < -0.3 is 15.0 Å². The van der Waals surface area contributed by atoms with Crippen LogP contribution in [-0.4, -0.2) is 51.5 Å². The monoisotopic (exact) mass is 550 g/mol. The van der Waals surface area contributed by atoms with E-state index in [9.17, 15) is 12.8 Å². The molecule has 0 bridgehead atoms. The van der Waals surface area contributed by atoms with Crippen LogP contribution in [0.3, 0.4) is 0 Å². The molecule has 7 nitrogen and oxygen atoms in total. The molecule has 39 heavy (non-hydrogen) atoms. The van der Waals surface area contributed by atoms with Crippen LogP contribution in [-0.2, 0) is 16.6 Å². The molecule has 1 heterocycles. The zero-order valence-electron chi connectivity index (χ0n) is 22.8. The average molecular weight is 551 g/mol. The highest BCUT2D eigenvalue weighted by molar-refractivity contribution is 7.89. The molecule has 0 radical (unpaired) electrons. The number of anilines is 2. The van der Waals surface area contributed by atoms with Gasteiger partial charge in [-0.1, -0.05) is 18.2 Å². The van der Waals surface area contributed by atoms with E-state index >= 15 is 0 Å². The normalized spacial score (nSPS) is 12.5. The lowest BCUT2D eigenvalue weighted by Gasteiger charge is -2.24. The third kappa shape index (κ3) is 7.04. The van der Waals surface area contributed by atoms with Gasteiger partial charge in [0, 0.05) is 56.6 Å². The molecule has 1 atom stereocenters. The molecule has 0 saturated carbocycles. The van der Waals surface area contributed by atoms with Crippen molar-refractivity contribution in [2.45, 2.75) is 37.2 Å². The Morgan fingerprint density at radius 3 is 2.41 bits per heavy atom. The lowest BCUT2D eigenvalue weighted by Crippen LogP contribution is -2.32. The summed E-state index contributed by atoms with van der Waals surface area (Å²) in [5, 5.41) is 4.50. The van der Waals surface area contributed by atoms with E-state index in [-0.39, 0.29) is 17.5 Å². The molecular weight excluding hydrogens is 515 g/mol. The van der Waals surface area contributed by atoms with Crippen LogP contribution < -0.4 is 15.0 Å². The summed E-state index contributed by atoms with van der Waals surface area (Å²) in [6.07, 6.45) is 3.11. The number of halogens is 1. The molecule has 0 saturated heterocycles. The third-order valence-electron chi connectivity index (χ3n) is 6.62. The van der Waals surface area contributed by atoms with Gasteiger partial charge in [0.1, 0.15) is 11.6 Å². The van der Waals surface area contributed by atoms with Crippen LogP contribution in [0.15, 0.2) is 83.9 Å². The molecule has 1 aromatic heterocycles. The first-order valence-electron chi connectivity index (χ1n) is 12.9. The van der Waals surface area contributed by atoms with Gasteiger partial charge in [0.15, 0.2) is 0 Å². The fourth-order valence-electron chi connectivity index (χ4n) is 4.45. The van der Waals surface area contributed by atoms with Crippen molar-refractivity contribution in [3.8, 4) is 5.75 Å². The molecule has 206 valence electrons. The predicted molar refractivity (Wildman–Crippen MR) is 155 cm³/mol. The number of hydrogen-bond donors (Lipinski definition) is 1. The van der Waals surface area contributed by atoms with Crippen LogP contribution in [0.2, 0.25) is 0 Å². The Morgan fingerprint density at radius 1 is 1.03 bits per heavy atom. The Labute approximate surface area is 230 Å². The number of nitrogens with one attached hydrogen (secondary N) is 1. The maximum absolute atomic E-state index is 13.6. The SMILES string of the molecule is COc1cc(NC(C)CCCN(Cc2ccc(N(C)C)cc2)S(=O)(=O)c2ccc(F)cc2)c2ncccc2c1. The van der Waals surface area contributed by atoms with E-state index in [4.69, 9.17) is 4.74 Å². The largest absolute Gasteiger partial charge is 0.497 e. The summed E-state index contributed by atoms with van der Waals surface area (Å²) in [5.41, 5.74) is 3.64. The first-order chi connectivity index (χ1) is 18.7. The summed E-state index contributed by atoms with van der Waals surface area (Å²) in [4.78, 5) is 6.59. The number of benzene rings is 3. The van der Waals surface area contributed by atoms with Gasteiger partial charge in [-0.2, -0.15) is 4.31 Å². The highest BCUT2D eigenvalue weighted by Crippen LogP contribution is 2.29. The minimum atomic E-state index is -3.83. The first kappa shape index (κ1) is 28.3. The van der Waals surface area contributed by atoms with Crippen LogP contribution in [0.1, 0.15) is 25.3 Å². The number of sulfonamides is 1. The second-order valence-corrected chi connectivity index (χ2v) is 11.7. The lowest BCUT2D eigenvalue weighted by atomic mass is 10.1. The van der Waals surface area contributed by atoms with E-state index in [0.29, 0.717) is 13.0 Å². The van der Waals surface area contributed by atoms with E-state index in [1.165, 1.54) is 28.6 Å². The quantitative estimate of drug-likeness (QED) is 0.236. The summed E-state index contributed by atoms with van der Waals surface area (Å²) in [6.45, 7) is 2.60. The van der Waals surface area contributed by atoms with Crippen LogP contribution in [0, 0.1) is 5.82 Å². The van der Waals surface area contributed by atoms with Crippen LogP contribution >= 0.6 is 0 Å². The molecular formula is C30H35FN4O3S. The highest BCUT2D eigenvalue weighted by Gasteiger charge is 2.25. The molecule has 0 fully saturated rings. The maximum atomic E-state index is 13.6. The van der Waals surface area contributed by atoms with Crippen molar-refractivity contribution < 1.29 is 17.5 Å². The maximum Gasteiger partial charge on any atom is 0.243 e. The highest BCUT2D eigenvalue weighted by atomic mass is 32.2. The first-order valence-corrected chi connectivity index (χ1v) is 14.3. The summed E-state index contributed by atoms with van der Waals surface area (Å²) in [5.74, 6) is 0.265. The molecule has 3 aromatic carbocycles. The molecule has 0 spiro atoms. The van der Waals surface area contributed by atoms with Crippen molar-refractivity contribution in [1.29, 1.82) is 0 Å². The molecule has 9 heteroatoms. The standard InChI is InChI=1S/C30H35FN4O3S/c1-22(33-29-20-27(38-4)19-24-8-5-17-32-30(24)29)7-6-18-35(21-23-9-13-26(14-10-23)34(2)3)39(36,37)28-15-11-25(31)12-16-28/h5,8-17,19-20,22,33H,6-7,18,21H2,1-4H3. The van der Waals surface area contributed by atoms with Crippen molar-refractivity contribution in [3.63, 3.8) is 0 Å². The number of pyridine rings is 1. The second-order valence-electron chi connectivity index (χ2n) is 9.79. The van der Waals surface area contributed by atoms with Crippen molar-refractivity contribution in [2.75, 3.05) is 38.0 Å². The van der Waals surface area contributed by atoms with Gasteiger partial charge in [-0.15, -0.1) is 0 Å². The topological polar surface area (TPSA) is 74.8 Å². The summed E-state index contributed by atoms with van der Waals surface area (Å²) in [6, 6.07) is 20.6. The molecule has 4 rings (SSSR count).